The molecule has 1 aromatic carbocycles. The molecule has 1 rings (SSSR count). The van der Waals surface area contributed by atoms with Crippen LogP contribution in [0, 0.1) is 6.92 Å². The minimum atomic E-state index is -2.78. The third-order valence-electron chi connectivity index (χ3n) is 1.98. The van der Waals surface area contributed by atoms with Crippen LogP contribution in [0.1, 0.15) is 18.9 Å². The first-order valence-corrected chi connectivity index (χ1v) is 5.08. The van der Waals surface area contributed by atoms with Crippen LogP contribution in [0.3, 0.4) is 0 Å². The maximum atomic E-state index is 12.9. The van der Waals surface area contributed by atoms with Gasteiger partial charge in [0.15, 0.2) is 6.61 Å². The van der Waals surface area contributed by atoms with Gasteiger partial charge >= 0.3 is 0 Å². The molecule has 0 N–H and O–H groups in total. The average molecular weight is 235 g/mol. The summed E-state index contributed by atoms with van der Waals surface area (Å²) in [6, 6.07) is 4.95. The number of halogens is 3. The summed E-state index contributed by atoms with van der Waals surface area (Å²) in [5.41, 5.74) is 0.886. The van der Waals surface area contributed by atoms with Crippen LogP contribution in [-0.4, -0.2) is 12.5 Å². The Morgan fingerprint density at radius 2 is 2.00 bits per heavy atom. The van der Waals surface area contributed by atoms with Gasteiger partial charge < -0.3 is 4.74 Å². The Hall–Kier alpha value is -0.830. The summed E-state index contributed by atoms with van der Waals surface area (Å²) in [4.78, 5) is 0. The van der Waals surface area contributed by atoms with Gasteiger partial charge in [0.2, 0.25) is 0 Å². The van der Waals surface area contributed by atoms with E-state index in [4.69, 9.17) is 16.3 Å². The van der Waals surface area contributed by atoms with Crippen LogP contribution in [-0.2, 0) is 0 Å². The quantitative estimate of drug-likeness (QED) is 0.763. The SMILES string of the molecule is CCC(F)(F)COc1cc(C)cc(Cl)c1. The smallest absolute Gasteiger partial charge is 0.281 e. The summed E-state index contributed by atoms with van der Waals surface area (Å²) < 4.78 is 30.8. The number of benzene rings is 1. The lowest BCUT2D eigenvalue weighted by atomic mass is 10.2. The molecule has 1 nitrogen and oxygen atoms in total. The lowest BCUT2D eigenvalue weighted by molar-refractivity contribution is -0.0436. The molecule has 0 aliphatic carbocycles. The fourth-order valence-electron chi connectivity index (χ4n) is 1.08. The van der Waals surface area contributed by atoms with Gasteiger partial charge in [0.25, 0.3) is 5.92 Å². The first kappa shape index (κ1) is 12.2. The van der Waals surface area contributed by atoms with E-state index >= 15 is 0 Å². The summed E-state index contributed by atoms with van der Waals surface area (Å²) in [6.45, 7) is 2.65. The van der Waals surface area contributed by atoms with E-state index in [2.05, 4.69) is 0 Å². The van der Waals surface area contributed by atoms with Gasteiger partial charge in [0.05, 0.1) is 0 Å². The van der Waals surface area contributed by atoms with Crippen LogP contribution >= 0.6 is 11.6 Å². The third kappa shape index (κ3) is 4.04. The Balaban J connectivity index is 2.65. The minimum Gasteiger partial charge on any atom is -0.487 e. The minimum absolute atomic E-state index is 0.230. The average Bonchev–Trinajstić information content (AvgIpc) is 2.14. The van der Waals surface area contributed by atoms with E-state index in [0.29, 0.717) is 10.8 Å². The molecular formula is C11H13ClF2O. The van der Waals surface area contributed by atoms with E-state index in [1.807, 2.05) is 6.92 Å². The Bertz CT molecular complexity index is 319. The molecule has 0 unspecified atom stereocenters. The largest absolute Gasteiger partial charge is 0.487 e. The van der Waals surface area contributed by atoms with Crippen molar-refractivity contribution in [2.75, 3.05) is 6.61 Å². The molecule has 84 valence electrons. The van der Waals surface area contributed by atoms with E-state index in [9.17, 15) is 8.78 Å². The van der Waals surface area contributed by atoms with Gasteiger partial charge in [-0.25, -0.2) is 8.78 Å². The zero-order valence-corrected chi connectivity index (χ0v) is 9.44. The van der Waals surface area contributed by atoms with Crippen LogP contribution in [0.5, 0.6) is 5.75 Å². The van der Waals surface area contributed by atoms with Crippen molar-refractivity contribution in [3.05, 3.63) is 28.8 Å². The number of hydrogen-bond acceptors (Lipinski definition) is 1. The van der Waals surface area contributed by atoms with Gasteiger partial charge in [-0.15, -0.1) is 0 Å². The molecule has 4 heteroatoms. The maximum Gasteiger partial charge on any atom is 0.281 e. The van der Waals surface area contributed by atoms with Gasteiger partial charge in [-0.1, -0.05) is 18.5 Å². The van der Waals surface area contributed by atoms with Crippen molar-refractivity contribution in [2.24, 2.45) is 0 Å². The number of aryl methyl sites for hydroxylation is 1. The molecule has 15 heavy (non-hydrogen) atoms. The second kappa shape index (κ2) is 4.79. The normalized spacial score (nSPS) is 11.5. The molecule has 0 aliphatic heterocycles. The molecule has 0 aromatic heterocycles. The van der Waals surface area contributed by atoms with Gasteiger partial charge in [0.1, 0.15) is 5.75 Å². The van der Waals surface area contributed by atoms with E-state index in [0.717, 1.165) is 5.56 Å². The first-order chi connectivity index (χ1) is 6.93. The zero-order chi connectivity index (χ0) is 11.5. The van der Waals surface area contributed by atoms with Crippen molar-refractivity contribution < 1.29 is 13.5 Å². The molecule has 0 heterocycles. The summed E-state index contributed by atoms with van der Waals surface area (Å²) in [6.07, 6.45) is -0.230. The molecule has 0 atom stereocenters. The zero-order valence-electron chi connectivity index (χ0n) is 8.69. The highest BCUT2D eigenvalue weighted by molar-refractivity contribution is 6.30. The molecule has 0 bridgehead atoms. The standard InChI is InChI=1S/C11H13ClF2O/c1-3-11(13,14)7-15-10-5-8(2)4-9(12)6-10/h4-6H,3,7H2,1-2H3. The number of rotatable bonds is 4. The lowest BCUT2D eigenvalue weighted by Crippen LogP contribution is -2.24. The monoisotopic (exact) mass is 234 g/mol. The van der Waals surface area contributed by atoms with Crippen molar-refractivity contribution in [3.63, 3.8) is 0 Å². The first-order valence-electron chi connectivity index (χ1n) is 4.71. The van der Waals surface area contributed by atoms with Gasteiger partial charge in [0, 0.05) is 11.4 Å². The molecule has 0 amide bonds. The van der Waals surface area contributed by atoms with Crippen molar-refractivity contribution in [2.45, 2.75) is 26.2 Å². The number of alkyl halides is 2. The third-order valence-corrected chi connectivity index (χ3v) is 2.20. The number of ether oxygens (including phenoxy) is 1. The van der Waals surface area contributed by atoms with E-state index in [-0.39, 0.29) is 6.42 Å². The van der Waals surface area contributed by atoms with E-state index in [1.165, 1.54) is 13.0 Å². The van der Waals surface area contributed by atoms with Crippen LogP contribution in [0.2, 0.25) is 5.02 Å². The predicted molar refractivity (Wildman–Crippen MR) is 56.9 cm³/mol. The van der Waals surface area contributed by atoms with Crippen molar-refractivity contribution in [1.82, 2.24) is 0 Å². The second-order valence-electron chi connectivity index (χ2n) is 3.46. The second-order valence-corrected chi connectivity index (χ2v) is 3.90. The summed E-state index contributed by atoms with van der Waals surface area (Å²) in [5, 5.41) is 0.491. The molecule has 0 radical (unpaired) electrons. The lowest BCUT2D eigenvalue weighted by Gasteiger charge is -2.15. The predicted octanol–water partition coefficient (Wildman–Crippen LogP) is 4.07. The summed E-state index contributed by atoms with van der Waals surface area (Å²) in [5.74, 6) is -2.40. The van der Waals surface area contributed by atoms with Gasteiger partial charge in [-0.05, 0) is 30.7 Å². The van der Waals surface area contributed by atoms with Gasteiger partial charge in [-0.3, -0.25) is 0 Å². The molecular weight excluding hydrogens is 222 g/mol. The van der Waals surface area contributed by atoms with E-state index in [1.54, 1.807) is 12.1 Å². The Kier molecular flexibility index (Phi) is 3.91. The van der Waals surface area contributed by atoms with Gasteiger partial charge in [-0.2, -0.15) is 0 Å². The van der Waals surface area contributed by atoms with Crippen LogP contribution < -0.4 is 4.74 Å². The van der Waals surface area contributed by atoms with E-state index < -0.39 is 12.5 Å². The van der Waals surface area contributed by atoms with Crippen molar-refractivity contribution in [1.29, 1.82) is 0 Å². The Morgan fingerprint density at radius 1 is 1.33 bits per heavy atom. The highest BCUT2D eigenvalue weighted by atomic mass is 35.5. The number of hydrogen-bond donors (Lipinski definition) is 0. The highest BCUT2D eigenvalue weighted by Gasteiger charge is 2.27. The Labute approximate surface area is 93.0 Å². The maximum absolute atomic E-state index is 12.9. The van der Waals surface area contributed by atoms with Crippen molar-refractivity contribution >= 4 is 11.6 Å². The van der Waals surface area contributed by atoms with Crippen LogP contribution in [0.15, 0.2) is 18.2 Å². The summed E-state index contributed by atoms with van der Waals surface area (Å²) >= 11 is 5.77. The molecule has 0 saturated carbocycles. The molecule has 0 aliphatic rings. The van der Waals surface area contributed by atoms with Crippen molar-refractivity contribution in [3.8, 4) is 5.75 Å². The molecule has 0 fully saturated rings. The fraction of sp³-hybridized carbons (Fsp3) is 0.455. The fourth-order valence-corrected chi connectivity index (χ4v) is 1.36. The highest BCUT2D eigenvalue weighted by Crippen LogP contribution is 2.24. The molecule has 1 aromatic rings. The molecule has 0 spiro atoms. The van der Waals surface area contributed by atoms with Crippen LogP contribution in [0.25, 0.3) is 0 Å². The summed E-state index contributed by atoms with van der Waals surface area (Å²) in [7, 11) is 0. The molecule has 0 saturated heterocycles. The topological polar surface area (TPSA) is 9.23 Å². The Morgan fingerprint density at radius 3 is 2.53 bits per heavy atom. The van der Waals surface area contributed by atoms with Crippen LogP contribution in [0.4, 0.5) is 8.78 Å².